The van der Waals surface area contributed by atoms with Crippen molar-refractivity contribution in [3.05, 3.63) is 42.1 Å². The maximum atomic E-state index is 11.5. The summed E-state index contributed by atoms with van der Waals surface area (Å²) in [5.74, 6) is -0.323. The van der Waals surface area contributed by atoms with Gasteiger partial charge in [0.15, 0.2) is 0 Å². The van der Waals surface area contributed by atoms with E-state index < -0.39 is 6.04 Å². The lowest BCUT2D eigenvalue weighted by Gasteiger charge is -2.13. The molecule has 0 saturated heterocycles. The molecule has 0 aliphatic carbocycles. The van der Waals surface area contributed by atoms with Gasteiger partial charge in [-0.15, -0.1) is 0 Å². The molecule has 1 aromatic carbocycles. The number of ether oxygens (including phenoxy) is 1. The minimum atomic E-state index is -0.451. The standard InChI is InChI=1S/C13H14N2O2S/c1-17-13(16)12(15-18)8-9-4-5-11-10(7-9)3-2-6-14-11/h2-7,12,15,18H,8H2,1H3. The van der Waals surface area contributed by atoms with E-state index in [4.69, 9.17) is 4.74 Å². The highest BCUT2D eigenvalue weighted by Gasteiger charge is 2.17. The van der Waals surface area contributed by atoms with Gasteiger partial charge in [-0.2, -0.15) is 0 Å². The van der Waals surface area contributed by atoms with Gasteiger partial charge in [0, 0.05) is 11.6 Å². The second-order valence-corrected chi connectivity index (χ2v) is 4.20. The van der Waals surface area contributed by atoms with Crippen molar-refractivity contribution < 1.29 is 9.53 Å². The molecule has 0 saturated carbocycles. The molecule has 1 atom stereocenters. The van der Waals surface area contributed by atoms with Crippen LogP contribution in [-0.2, 0) is 16.0 Å². The van der Waals surface area contributed by atoms with E-state index in [1.165, 1.54) is 7.11 Å². The normalized spacial score (nSPS) is 12.3. The van der Waals surface area contributed by atoms with Gasteiger partial charge in [0.1, 0.15) is 6.04 Å². The zero-order valence-electron chi connectivity index (χ0n) is 9.96. The van der Waals surface area contributed by atoms with Crippen LogP contribution < -0.4 is 4.72 Å². The van der Waals surface area contributed by atoms with Crippen molar-refractivity contribution in [3.8, 4) is 0 Å². The second kappa shape index (κ2) is 5.84. The zero-order valence-corrected chi connectivity index (χ0v) is 10.9. The van der Waals surface area contributed by atoms with Crippen LogP contribution in [0.25, 0.3) is 10.9 Å². The first kappa shape index (κ1) is 12.9. The minimum Gasteiger partial charge on any atom is -0.468 e. The van der Waals surface area contributed by atoms with Gasteiger partial charge in [0.05, 0.1) is 12.6 Å². The van der Waals surface area contributed by atoms with Gasteiger partial charge in [0.2, 0.25) is 0 Å². The number of thiol groups is 1. The minimum absolute atomic E-state index is 0.323. The predicted octanol–water partition coefficient (Wildman–Crippen LogP) is 1.75. The summed E-state index contributed by atoms with van der Waals surface area (Å²) >= 11 is 3.95. The Morgan fingerprint density at radius 3 is 3.06 bits per heavy atom. The highest BCUT2D eigenvalue weighted by molar-refractivity contribution is 7.78. The molecule has 0 aliphatic heterocycles. The molecule has 2 aromatic rings. The van der Waals surface area contributed by atoms with Gasteiger partial charge in [-0.25, -0.2) is 0 Å². The first-order valence-corrected chi connectivity index (χ1v) is 6.00. The van der Waals surface area contributed by atoms with E-state index in [0.717, 1.165) is 16.5 Å². The van der Waals surface area contributed by atoms with Crippen molar-refractivity contribution in [2.45, 2.75) is 12.5 Å². The predicted molar refractivity (Wildman–Crippen MR) is 73.4 cm³/mol. The number of pyridine rings is 1. The topological polar surface area (TPSA) is 51.2 Å². The van der Waals surface area contributed by atoms with E-state index in [0.29, 0.717) is 6.42 Å². The number of nitrogens with zero attached hydrogens (tertiary/aromatic N) is 1. The quantitative estimate of drug-likeness (QED) is 0.651. The summed E-state index contributed by atoms with van der Waals surface area (Å²) in [6.45, 7) is 0. The van der Waals surface area contributed by atoms with E-state index in [-0.39, 0.29) is 5.97 Å². The number of carbonyl (C=O) groups excluding carboxylic acids is 1. The molecule has 1 aromatic heterocycles. The average molecular weight is 262 g/mol. The van der Waals surface area contributed by atoms with E-state index >= 15 is 0 Å². The summed E-state index contributed by atoms with van der Waals surface area (Å²) < 4.78 is 7.35. The zero-order chi connectivity index (χ0) is 13.0. The lowest BCUT2D eigenvalue weighted by Crippen LogP contribution is -2.34. The van der Waals surface area contributed by atoms with Gasteiger partial charge in [-0.3, -0.25) is 14.5 Å². The van der Waals surface area contributed by atoms with E-state index in [1.54, 1.807) is 6.20 Å². The summed E-state index contributed by atoms with van der Waals surface area (Å²) in [5.41, 5.74) is 1.97. The third-order valence-corrected chi connectivity index (χ3v) is 3.06. The molecular weight excluding hydrogens is 248 g/mol. The molecule has 0 amide bonds. The Kier molecular flexibility index (Phi) is 4.17. The second-order valence-electron chi connectivity index (χ2n) is 3.94. The molecule has 0 fully saturated rings. The Bertz CT molecular complexity index is 559. The smallest absolute Gasteiger partial charge is 0.324 e. The van der Waals surface area contributed by atoms with Gasteiger partial charge in [-0.05, 0) is 30.2 Å². The summed E-state index contributed by atoms with van der Waals surface area (Å²) in [7, 11) is 1.37. The Morgan fingerprint density at radius 2 is 2.33 bits per heavy atom. The number of fused-ring (bicyclic) bond motifs is 1. The van der Waals surface area contributed by atoms with Crippen LogP contribution in [-0.4, -0.2) is 24.1 Å². The van der Waals surface area contributed by atoms with Crippen LogP contribution in [0.5, 0.6) is 0 Å². The number of nitrogens with one attached hydrogen (secondary N) is 1. The fraction of sp³-hybridized carbons (Fsp3) is 0.231. The van der Waals surface area contributed by atoms with Crippen LogP contribution >= 0.6 is 12.8 Å². The van der Waals surface area contributed by atoms with Crippen molar-refractivity contribution >= 4 is 29.7 Å². The number of methoxy groups -OCH3 is 1. The molecular formula is C13H14N2O2S. The van der Waals surface area contributed by atoms with Crippen LogP contribution in [0.2, 0.25) is 0 Å². The monoisotopic (exact) mass is 262 g/mol. The Balaban J connectivity index is 2.23. The SMILES string of the molecule is COC(=O)C(Cc1ccc2ncccc2c1)NS. The first-order valence-electron chi connectivity index (χ1n) is 5.55. The number of hydrogen-bond donors (Lipinski definition) is 2. The Morgan fingerprint density at radius 1 is 1.50 bits per heavy atom. The van der Waals surface area contributed by atoms with Gasteiger partial charge < -0.3 is 4.74 Å². The fourth-order valence-electron chi connectivity index (χ4n) is 1.81. The van der Waals surface area contributed by atoms with Gasteiger partial charge in [-0.1, -0.05) is 24.9 Å². The molecule has 1 heterocycles. The summed E-state index contributed by atoms with van der Waals surface area (Å²) in [5, 5.41) is 1.05. The molecule has 1 N–H and O–H groups in total. The van der Waals surface area contributed by atoms with Crippen molar-refractivity contribution in [3.63, 3.8) is 0 Å². The third-order valence-electron chi connectivity index (χ3n) is 2.75. The molecule has 18 heavy (non-hydrogen) atoms. The average Bonchev–Trinajstić information content (AvgIpc) is 2.43. The maximum absolute atomic E-state index is 11.5. The number of benzene rings is 1. The van der Waals surface area contributed by atoms with Crippen molar-refractivity contribution in [2.75, 3.05) is 7.11 Å². The number of esters is 1. The third kappa shape index (κ3) is 2.80. The summed E-state index contributed by atoms with van der Waals surface area (Å²) in [4.78, 5) is 15.7. The molecule has 4 nitrogen and oxygen atoms in total. The van der Waals surface area contributed by atoms with E-state index in [9.17, 15) is 4.79 Å². The molecule has 94 valence electrons. The molecule has 0 aliphatic rings. The fourth-order valence-corrected chi connectivity index (χ4v) is 2.01. The Hall–Kier alpha value is -1.59. The molecule has 0 bridgehead atoms. The van der Waals surface area contributed by atoms with Gasteiger partial charge >= 0.3 is 5.97 Å². The van der Waals surface area contributed by atoms with Crippen LogP contribution in [0.1, 0.15) is 5.56 Å². The molecule has 5 heteroatoms. The largest absolute Gasteiger partial charge is 0.468 e. The number of hydrogen-bond acceptors (Lipinski definition) is 5. The molecule has 0 radical (unpaired) electrons. The van der Waals surface area contributed by atoms with E-state index in [1.807, 2.05) is 30.3 Å². The number of rotatable bonds is 4. The summed E-state index contributed by atoms with van der Waals surface area (Å²) in [6.07, 6.45) is 2.29. The Labute approximate surface area is 111 Å². The molecule has 2 rings (SSSR count). The lowest BCUT2D eigenvalue weighted by molar-refractivity contribution is -0.142. The van der Waals surface area contributed by atoms with Crippen LogP contribution in [0.4, 0.5) is 0 Å². The van der Waals surface area contributed by atoms with Crippen molar-refractivity contribution in [2.24, 2.45) is 0 Å². The van der Waals surface area contributed by atoms with Crippen molar-refractivity contribution in [1.29, 1.82) is 0 Å². The van der Waals surface area contributed by atoms with Gasteiger partial charge in [0.25, 0.3) is 0 Å². The highest BCUT2D eigenvalue weighted by atomic mass is 32.1. The van der Waals surface area contributed by atoms with Crippen LogP contribution in [0, 0.1) is 0 Å². The number of carbonyl (C=O) groups is 1. The van der Waals surface area contributed by atoms with Crippen molar-refractivity contribution in [1.82, 2.24) is 9.71 Å². The summed E-state index contributed by atoms with van der Waals surface area (Å²) in [6, 6.07) is 9.35. The van der Waals surface area contributed by atoms with Crippen LogP contribution in [0.15, 0.2) is 36.5 Å². The van der Waals surface area contributed by atoms with Crippen LogP contribution in [0.3, 0.4) is 0 Å². The molecule has 1 unspecified atom stereocenters. The maximum Gasteiger partial charge on any atom is 0.324 e. The molecule has 0 spiro atoms. The lowest BCUT2D eigenvalue weighted by atomic mass is 10.0. The first-order chi connectivity index (χ1) is 8.74. The van der Waals surface area contributed by atoms with E-state index in [2.05, 4.69) is 22.5 Å². The number of aromatic nitrogens is 1. The highest BCUT2D eigenvalue weighted by Crippen LogP contribution is 2.15.